The topological polar surface area (TPSA) is 54.4 Å². The van der Waals surface area contributed by atoms with Crippen LogP contribution in [0.25, 0.3) is 0 Å². The Morgan fingerprint density at radius 1 is 1.47 bits per heavy atom. The average Bonchev–Trinajstić information content (AvgIpc) is 2.98. The quantitative estimate of drug-likeness (QED) is 0.791. The van der Waals surface area contributed by atoms with E-state index in [1.54, 1.807) is 6.07 Å². The van der Waals surface area contributed by atoms with Crippen LogP contribution in [-0.2, 0) is 10.1 Å². The lowest BCUT2D eigenvalue weighted by molar-refractivity contribution is 0.482. The minimum Gasteiger partial charge on any atom is -0.282 e. The summed E-state index contributed by atoms with van der Waals surface area (Å²) in [5.74, 6) is 0.241. The van der Waals surface area contributed by atoms with Crippen LogP contribution in [0.1, 0.15) is 38.2 Å². The zero-order chi connectivity index (χ0) is 12.8. The Morgan fingerprint density at radius 3 is 2.60 bits per heavy atom. The van der Waals surface area contributed by atoms with E-state index in [2.05, 4.69) is 0 Å². The largest absolute Gasteiger partial charge is 0.294 e. The molecule has 0 unspecified atom stereocenters. The summed E-state index contributed by atoms with van der Waals surface area (Å²) >= 11 is 0. The van der Waals surface area contributed by atoms with E-state index in [9.17, 15) is 8.42 Å². The van der Waals surface area contributed by atoms with Gasteiger partial charge >= 0.3 is 0 Å². The fraction of sp³-hybridized carbons (Fsp3) is 0.455. The van der Waals surface area contributed by atoms with Crippen molar-refractivity contribution in [2.45, 2.75) is 37.5 Å². The normalized spacial score (nSPS) is 18.9. The molecule has 0 bridgehead atoms. The molecule has 0 amide bonds. The third-order valence-corrected chi connectivity index (χ3v) is 3.64. The van der Waals surface area contributed by atoms with Crippen LogP contribution in [0.15, 0.2) is 17.0 Å². The second-order valence-corrected chi connectivity index (χ2v) is 5.35. The van der Waals surface area contributed by atoms with Gasteiger partial charge in [0.05, 0.1) is 4.90 Å². The van der Waals surface area contributed by atoms with Crippen LogP contribution in [0.4, 0.5) is 0 Å². The molecule has 1 N–H and O–H groups in total. The van der Waals surface area contributed by atoms with Crippen molar-refractivity contribution in [3.63, 3.8) is 0 Å². The Bertz CT molecular complexity index is 548. The zero-order valence-electron chi connectivity index (χ0n) is 10.4. The number of rotatable bonds is 2. The van der Waals surface area contributed by atoms with Crippen molar-refractivity contribution >= 4 is 10.1 Å². The third kappa shape index (κ3) is 1.92. The molecule has 1 aromatic rings. The van der Waals surface area contributed by atoms with E-state index in [0.29, 0.717) is 0 Å². The van der Waals surface area contributed by atoms with Crippen molar-refractivity contribution in [1.82, 2.24) is 0 Å². The molecule has 82 valence electrons. The maximum absolute atomic E-state index is 11.3. The van der Waals surface area contributed by atoms with E-state index < -0.39 is 17.0 Å². The monoisotopic (exact) mass is 228 g/mol. The molecule has 3 nitrogen and oxygen atoms in total. The van der Waals surface area contributed by atoms with Crippen LogP contribution in [0, 0.1) is 13.8 Å². The lowest BCUT2D eigenvalue weighted by atomic mass is 9.99. The van der Waals surface area contributed by atoms with Crippen molar-refractivity contribution in [2.75, 3.05) is 0 Å². The summed E-state index contributed by atoms with van der Waals surface area (Å²) in [4.78, 5) is -0.292. The molecule has 0 atom stereocenters. The van der Waals surface area contributed by atoms with E-state index in [0.717, 1.165) is 24.0 Å². The Morgan fingerprint density at radius 2 is 2.13 bits per heavy atom. The predicted octanol–water partition coefficient (Wildman–Crippen LogP) is 2.43. The number of hydrogen-bond donors (Lipinski definition) is 1. The van der Waals surface area contributed by atoms with Crippen LogP contribution in [0.5, 0.6) is 0 Å². The maximum Gasteiger partial charge on any atom is 0.294 e. The first-order chi connectivity index (χ1) is 7.82. The molecule has 4 heteroatoms. The van der Waals surface area contributed by atoms with Crippen LogP contribution < -0.4 is 0 Å². The van der Waals surface area contributed by atoms with Gasteiger partial charge in [-0.1, -0.05) is 6.07 Å². The van der Waals surface area contributed by atoms with E-state index >= 15 is 0 Å². The molecule has 0 saturated heterocycles. The van der Waals surface area contributed by atoms with Gasteiger partial charge in [-0.3, -0.25) is 4.55 Å². The summed E-state index contributed by atoms with van der Waals surface area (Å²) in [6, 6.07) is 2.91. The first kappa shape index (κ1) is 8.30. The Hall–Kier alpha value is -0.870. The summed E-state index contributed by atoms with van der Waals surface area (Å²) in [5, 5.41) is 0. The van der Waals surface area contributed by atoms with Gasteiger partial charge in [-0.2, -0.15) is 8.42 Å². The highest BCUT2D eigenvalue weighted by Crippen LogP contribution is 2.44. The molecule has 15 heavy (non-hydrogen) atoms. The molecule has 0 heterocycles. The average molecular weight is 228 g/mol. The minimum absolute atomic E-state index is 0.134. The van der Waals surface area contributed by atoms with Crippen LogP contribution in [-0.4, -0.2) is 13.0 Å². The third-order valence-electron chi connectivity index (χ3n) is 2.73. The molecular formula is C11H14O3S. The lowest BCUT2D eigenvalue weighted by Crippen LogP contribution is -2.04. The summed E-state index contributed by atoms with van der Waals surface area (Å²) in [6.45, 7) is 0.440. The van der Waals surface area contributed by atoms with E-state index in [4.69, 9.17) is 7.29 Å². The van der Waals surface area contributed by atoms with Crippen molar-refractivity contribution in [3.05, 3.63) is 28.8 Å². The summed E-state index contributed by atoms with van der Waals surface area (Å²) < 4.78 is 46.6. The van der Waals surface area contributed by atoms with Gasteiger partial charge in [-0.05, 0) is 55.3 Å². The minimum atomic E-state index is -4.36. The molecule has 1 aliphatic rings. The van der Waals surface area contributed by atoms with Gasteiger partial charge < -0.3 is 0 Å². The van der Waals surface area contributed by atoms with Crippen molar-refractivity contribution < 1.29 is 15.7 Å². The Labute approximate surface area is 92.7 Å². The standard InChI is InChI=1S/C11H14O3S/c1-7-3-6-10(15(12,13)14)8(2)11(7)9-4-5-9/h3,6,9H,4-5H2,1-2H3,(H,12,13,14)/i2D2. The number of aryl methyl sites for hydroxylation is 1. The molecule has 1 aromatic carbocycles. The molecule has 0 aromatic heterocycles. The van der Waals surface area contributed by atoms with Gasteiger partial charge in [0, 0.05) is 2.74 Å². The summed E-state index contributed by atoms with van der Waals surface area (Å²) in [5.41, 5.74) is 1.78. The SMILES string of the molecule is [2H]C([2H])c1c(S(=O)(=O)O)ccc(C)c1C1CC1. The van der Waals surface area contributed by atoms with Gasteiger partial charge in [0.1, 0.15) is 0 Å². The van der Waals surface area contributed by atoms with Crippen LogP contribution in [0.3, 0.4) is 0 Å². The highest BCUT2D eigenvalue weighted by molar-refractivity contribution is 7.85. The molecule has 0 spiro atoms. The second-order valence-electron chi connectivity index (χ2n) is 3.96. The summed E-state index contributed by atoms with van der Waals surface area (Å²) in [7, 11) is -4.36. The number of hydrogen-bond acceptors (Lipinski definition) is 2. The zero-order valence-corrected chi connectivity index (χ0v) is 9.21. The fourth-order valence-electron chi connectivity index (χ4n) is 1.86. The van der Waals surface area contributed by atoms with Crippen LogP contribution in [0.2, 0.25) is 0 Å². The lowest BCUT2D eigenvalue weighted by Gasteiger charge is -2.11. The highest BCUT2D eigenvalue weighted by Gasteiger charge is 2.29. The second kappa shape index (κ2) is 3.32. The van der Waals surface area contributed by atoms with Gasteiger partial charge in [-0.25, -0.2) is 0 Å². The maximum atomic E-state index is 11.3. The van der Waals surface area contributed by atoms with E-state index in [1.807, 2.05) is 6.92 Å². The molecule has 1 aliphatic carbocycles. The van der Waals surface area contributed by atoms with Crippen molar-refractivity contribution in [3.8, 4) is 0 Å². The van der Waals surface area contributed by atoms with E-state index in [-0.39, 0.29) is 16.4 Å². The van der Waals surface area contributed by atoms with Gasteiger partial charge in [-0.15, -0.1) is 0 Å². The molecule has 0 aliphatic heterocycles. The van der Waals surface area contributed by atoms with Crippen LogP contribution >= 0.6 is 0 Å². The van der Waals surface area contributed by atoms with Gasteiger partial charge in [0.2, 0.25) is 0 Å². The van der Waals surface area contributed by atoms with Crippen molar-refractivity contribution in [2.24, 2.45) is 0 Å². The molecule has 2 rings (SSSR count). The first-order valence-corrected chi connectivity index (χ1v) is 6.21. The first-order valence-electron chi connectivity index (χ1n) is 5.93. The van der Waals surface area contributed by atoms with Gasteiger partial charge in [0.15, 0.2) is 0 Å². The molecular weight excluding hydrogens is 212 g/mol. The molecule has 0 radical (unpaired) electrons. The van der Waals surface area contributed by atoms with Gasteiger partial charge in [0.25, 0.3) is 10.1 Å². The molecule has 1 fully saturated rings. The van der Waals surface area contributed by atoms with Crippen molar-refractivity contribution in [1.29, 1.82) is 0 Å². The Kier molecular flexibility index (Phi) is 1.84. The number of benzene rings is 1. The molecule has 1 saturated carbocycles. The smallest absolute Gasteiger partial charge is 0.282 e. The highest BCUT2D eigenvalue weighted by atomic mass is 32.2. The Balaban J connectivity index is 2.73. The predicted molar refractivity (Wildman–Crippen MR) is 57.7 cm³/mol. The van der Waals surface area contributed by atoms with E-state index in [1.165, 1.54) is 6.07 Å². The fourth-order valence-corrected chi connectivity index (χ4v) is 2.49. The summed E-state index contributed by atoms with van der Waals surface area (Å²) in [6.07, 6.45) is 1.91.